The molecule has 1 fully saturated rings. The van der Waals surface area contributed by atoms with Crippen LogP contribution in [0.4, 0.5) is 13.2 Å². The van der Waals surface area contributed by atoms with Crippen LogP contribution in [0.5, 0.6) is 0 Å². The number of carbonyl (C=O) groups excluding carboxylic acids is 2. The van der Waals surface area contributed by atoms with Gasteiger partial charge in [-0.05, 0) is 6.92 Å². The van der Waals surface area contributed by atoms with Gasteiger partial charge in [0.2, 0.25) is 11.8 Å². The number of amides is 2. The molecule has 2 unspecified atom stereocenters. The first kappa shape index (κ1) is 12.9. The number of nitrogens with zero attached hydrogens (tertiary/aromatic N) is 1. The summed E-state index contributed by atoms with van der Waals surface area (Å²) in [6.07, 6.45) is -4.56. The summed E-state index contributed by atoms with van der Waals surface area (Å²) in [5.41, 5.74) is 5.24. The first-order valence-corrected chi connectivity index (χ1v) is 4.61. The number of imide groups is 1. The second-order valence-electron chi connectivity index (χ2n) is 3.72. The lowest BCUT2D eigenvalue weighted by Gasteiger charge is -2.36. The Morgan fingerprint density at radius 3 is 2.06 bits per heavy atom. The first-order chi connectivity index (χ1) is 7.21. The normalized spacial score (nSPS) is 22.8. The van der Waals surface area contributed by atoms with E-state index in [1.807, 2.05) is 5.32 Å². The quantitative estimate of drug-likeness (QED) is 0.620. The van der Waals surface area contributed by atoms with Crippen LogP contribution in [-0.4, -0.2) is 48.1 Å². The van der Waals surface area contributed by atoms with Crippen molar-refractivity contribution in [3.05, 3.63) is 0 Å². The van der Waals surface area contributed by atoms with E-state index in [1.165, 1.54) is 6.92 Å². The molecule has 0 radical (unpaired) electrons. The average Bonchev–Trinajstić information content (AvgIpc) is 1.96. The highest BCUT2D eigenvalue weighted by atomic mass is 19.4. The Balaban J connectivity index is 2.87. The van der Waals surface area contributed by atoms with Crippen LogP contribution >= 0.6 is 0 Å². The Hall–Kier alpha value is -1.15. The maximum absolute atomic E-state index is 12.6. The van der Waals surface area contributed by atoms with Crippen molar-refractivity contribution in [1.29, 1.82) is 0 Å². The van der Waals surface area contributed by atoms with E-state index in [2.05, 4.69) is 0 Å². The van der Waals surface area contributed by atoms with Crippen molar-refractivity contribution in [3.63, 3.8) is 0 Å². The number of alkyl halides is 3. The molecule has 0 aliphatic carbocycles. The van der Waals surface area contributed by atoms with E-state index in [4.69, 9.17) is 5.73 Å². The number of carbonyl (C=O) groups is 2. The van der Waals surface area contributed by atoms with Gasteiger partial charge in [0, 0.05) is 6.04 Å². The van der Waals surface area contributed by atoms with E-state index in [1.54, 1.807) is 0 Å². The molecule has 16 heavy (non-hydrogen) atoms. The number of hydrogen-bond acceptors (Lipinski definition) is 4. The molecule has 8 heteroatoms. The summed E-state index contributed by atoms with van der Waals surface area (Å²) >= 11 is 0. The molecule has 5 nitrogen and oxygen atoms in total. The van der Waals surface area contributed by atoms with E-state index >= 15 is 0 Å². The fourth-order valence-corrected chi connectivity index (χ4v) is 1.69. The Bertz CT molecular complexity index is 287. The van der Waals surface area contributed by atoms with Crippen LogP contribution in [0.1, 0.15) is 6.92 Å². The zero-order chi connectivity index (χ0) is 12.5. The van der Waals surface area contributed by atoms with Crippen molar-refractivity contribution in [2.45, 2.75) is 25.2 Å². The third-order valence-corrected chi connectivity index (χ3v) is 2.20. The molecule has 0 aromatic carbocycles. The van der Waals surface area contributed by atoms with Gasteiger partial charge in [-0.3, -0.25) is 19.8 Å². The molecule has 0 saturated carbocycles. The molecule has 1 heterocycles. The second kappa shape index (κ2) is 4.38. The van der Waals surface area contributed by atoms with Gasteiger partial charge in [0.15, 0.2) is 0 Å². The summed E-state index contributed by atoms with van der Waals surface area (Å²) in [5.74, 6) is -1.49. The largest absolute Gasteiger partial charge is 0.405 e. The molecule has 2 atom stereocenters. The molecule has 1 rings (SSSR count). The molecule has 3 N–H and O–H groups in total. The van der Waals surface area contributed by atoms with Gasteiger partial charge in [-0.1, -0.05) is 0 Å². The minimum atomic E-state index is -4.56. The van der Waals surface area contributed by atoms with Crippen molar-refractivity contribution in [3.8, 4) is 0 Å². The van der Waals surface area contributed by atoms with Gasteiger partial charge in [0.1, 0.15) is 6.04 Å². The zero-order valence-electron chi connectivity index (χ0n) is 8.54. The number of hydrogen-bond donors (Lipinski definition) is 2. The number of nitrogens with two attached hydrogens (primary N) is 1. The predicted molar refractivity (Wildman–Crippen MR) is 48.2 cm³/mol. The summed E-state index contributed by atoms with van der Waals surface area (Å²) in [7, 11) is 0. The Morgan fingerprint density at radius 1 is 1.31 bits per heavy atom. The summed E-state index contributed by atoms with van der Waals surface area (Å²) < 4.78 is 37.9. The van der Waals surface area contributed by atoms with E-state index in [-0.39, 0.29) is 0 Å². The van der Waals surface area contributed by atoms with Crippen LogP contribution < -0.4 is 11.1 Å². The molecule has 1 aliphatic rings. The van der Waals surface area contributed by atoms with Crippen molar-refractivity contribution >= 4 is 11.8 Å². The number of piperazine rings is 1. The predicted octanol–water partition coefficient (Wildman–Crippen LogP) is -0.777. The molecule has 92 valence electrons. The van der Waals surface area contributed by atoms with Crippen LogP contribution in [0.25, 0.3) is 0 Å². The van der Waals surface area contributed by atoms with Gasteiger partial charge in [-0.25, -0.2) is 0 Å². The Morgan fingerprint density at radius 2 is 1.75 bits per heavy atom. The van der Waals surface area contributed by atoms with Gasteiger partial charge in [-0.15, -0.1) is 0 Å². The molecule has 2 amide bonds. The van der Waals surface area contributed by atoms with Gasteiger partial charge < -0.3 is 5.73 Å². The molecule has 0 spiro atoms. The third-order valence-electron chi connectivity index (χ3n) is 2.20. The summed E-state index contributed by atoms with van der Waals surface area (Å²) in [4.78, 5) is 22.7. The smallest absolute Gasteiger partial charge is 0.326 e. The molecular weight excluding hydrogens is 227 g/mol. The fraction of sp³-hybridized carbons (Fsp3) is 0.750. The summed E-state index contributed by atoms with van der Waals surface area (Å²) in [6.45, 7) is 0.240. The highest BCUT2D eigenvalue weighted by molar-refractivity contribution is 5.99. The Labute approximate surface area is 89.8 Å². The number of nitrogens with one attached hydrogen (secondary N) is 1. The van der Waals surface area contributed by atoms with Gasteiger partial charge in [0.05, 0.1) is 13.1 Å². The van der Waals surface area contributed by atoms with Crippen LogP contribution in [0.15, 0.2) is 0 Å². The lowest BCUT2D eigenvalue weighted by atomic mass is 10.1. The monoisotopic (exact) mass is 239 g/mol. The van der Waals surface area contributed by atoms with Gasteiger partial charge in [0.25, 0.3) is 0 Å². The van der Waals surface area contributed by atoms with E-state index < -0.39 is 43.2 Å². The van der Waals surface area contributed by atoms with Crippen molar-refractivity contribution in [1.82, 2.24) is 10.2 Å². The maximum atomic E-state index is 12.6. The minimum Gasteiger partial charge on any atom is -0.326 e. The minimum absolute atomic E-state index is 0.475. The first-order valence-electron chi connectivity index (χ1n) is 4.61. The molecule has 0 aromatic rings. The second-order valence-corrected chi connectivity index (χ2v) is 3.72. The topological polar surface area (TPSA) is 75.4 Å². The highest BCUT2D eigenvalue weighted by Crippen LogP contribution is 2.27. The lowest BCUT2D eigenvalue weighted by molar-refractivity contribution is -0.190. The van der Waals surface area contributed by atoms with E-state index in [0.717, 1.165) is 4.90 Å². The molecular formula is C8H12F3N3O2. The fourth-order valence-electron chi connectivity index (χ4n) is 1.69. The van der Waals surface area contributed by atoms with Gasteiger partial charge >= 0.3 is 6.18 Å². The third kappa shape index (κ3) is 2.92. The van der Waals surface area contributed by atoms with Crippen LogP contribution in [0.3, 0.4) is 0 Å². The van der Waals surface area contributed by atoms with Gasteiger partial charge in [-0.2, -0.15) is 13.2 Å². The van der Waals surface area contributed by atoms with Crippen LogP contribution in [-0.2, 0) is 9.59 Å². The van der Waals surface area contributed by atoms with Crippen molar-refractivity contribution in [2.24, 2.45) is 5.73 Å². The maximum Gasteiger partial charge on any atom is 0.405 e. The van der Waals surface area contributed by atoms with Crippen LogP contribution in [0.2, 0.25) is 0 Å². The van der Waals surface area contributed by atoms with Crippen LogP contribution in [0, 0.1) is 0 Å². The number of halogens is 3. The van der Waals surface area contributed by atoms with Crippen molar-refractivity contribution < 1.29 is 22.8 Å². The molecule has 0 aromatic heterocycles. The lowest BCUT2D eigenvalue weighted by Crippen LogP contribution is -2.62. The van der Waals surface area contributed by atoms with Crippen molar-refractivity contribution in [2.75, 3.05) is 13.1 Å². The zero-order valence-corrected chi connectivity index (χ0v) is 8.54. The average molecular weight is 239 g/mol. The van der Waals surface area contributed by atoms with E-state index in [0.29, 0.717) is 0 Å². The summed E-state index contributed by atoms with van der Waals surface area (Å²) in [5, 5.41) is 1.93. The SMILES string of the molecule is CC(N)C(N1CC(=O)NC(=O)C1)C(F)(F)F. The molecule has 0 bridgehead atoms. The number of rotatable bonds is 2. The Kier molecular flexibility index (Phi) is 3.54. The summed E-state index contributed by atoms with van der Waals surface area (Å²) in [6, 6.07) is -3.19. The standard InChI is InChI=1S/C8H12F3N3O2/c1-4(12)7(8(9,10)11)14-2-5(15)13-6(16)3-14/h4,7H,2-3,12H2,1H3,(H,13,15,16). The highest BCUT2D eigenvalue weighted by Gasteiger charge is 2.47. The van der Waals surface area contributed by atoms with E-state index in [9.17, 15) is 22.8 Å². The molecule has 1 aliphatic heterocycles. The molecule has 1 saturated heterocycles.